The van der Waals surface area contributed by atoms with Gasteiger partial charge in [0.15, 0.2) is 0 Å². The van der Waals surface area contributed by atoms with Crippen molar-refractivity contribution in [3.05, 3.63) is 49.2 Å². The molecule has 2 aliphatic heterocycles. The van der Waals surface area contributed by atoms with Crippen LogP contribution in [0.15, 0.2) is 53.4 Å². The number of rotatable bonds is 5. The summed E-state index contributed by atoms with van der Waals surface area (Å²) >= 11 is 1.22. The molecule has 142 valence electrons. The zero-order valence-corrected chi connectivity index (χ0v) is 16.1. The average molecular weight is 406 g/mol. The van der Waals surface area contributed by atoms with Gasteiger partial charge in [0.2, 0.25) is 5.91 Å². The van der Waals surface area contributed by atoms with Crippen LogP contribution in [0.25, 0.3) is 10.6 Å². The summed E-state index contributed by atoms with van der Waals surface area (Å²) in [6, 6.07) is 8.97. The lowest BCUT2D eigenvalue weighted by Gasteiger charge is -2.18. The van der Waals surface area contributed by atoms with Gasteiger partial charge in [-0.15, -0.1) is 11.3 Å². The number of amides is 1. The van der Waals surface area contributed by atoms with E-state index in [-0.39, 0.29) is 24.2 Å². The van der Waals surface area contributed by atoms with Crippen molar-refractivity contribution >= 4 is 27.3 Å². The molecule has 2 fully saturated rings. The van der Waals surface area contributed by atoms with Gasteiger partial charge in [0.25, 0.3) is 10.0 Å². The summed E-state index contributed by atoms with van der Waals surface area (Å²) in [6.07, 6.45) is 2.89. The van der Waals surface area contributed by atoms with Crippen LogP contribution < -0.4 is 5.32 Å². The number of sulfonamides is 1. The van der Waals surface area contributed by atoms with Gasteiger partial charge in [-0.05, 0) is 36.8 Å². The van der Waals surface area contributed by atoms with Crippen LogP contribution in [-0.4, -0.2) is 49.0 Å². The van der Waals surface area contributed by atoms with E-state index in [1.54, 1.807) is 18.3 Å². The predicted molar refractivity (Wildman–Crippen MR) is 101 cm³/mol. The van der Waals surface area contributed by atoms with E-state index in [9.17, 15) is 13.2 Å². The predicted octanol–water partition coefficient (Wildman–Crippen LogP) is 1.85. The molecule has 0 saturated carbocycles. The van der Waals surface area contributed by atoms with E-state index in [4.69, 9.17) is 4.74 Å². The zero-order chi connectivity index (χ0) is 19.0. The number of ether oxygens (including phenoxy) is 1. The van der Waals surface area contributed by atoms with Crippen molar-refractivity contribution in [2.75, 3.05) is 13.1 Å². The second kappa shape index (κ2) is 7.16. The Kier molecular flexibility index (Phi) is 4.85. The summed E-state index contributed by atoms with van der Waals surface area (Å²) in [4.78, 5) is 16.5. The van der Waals surface area contributed by atoms with E-state index in [0.29, 0.717) is 23.7 Å². The topological polar surface area (TPSA) is 88.6 Å². The van der Waals surface area contributed by atoms with Crippen molar-refractivity contribution in [3.63, 3.8) is 0 Å². The number of fused-ring (bicyclic) bond motifs is 1. The fraction of sp³-hybridized carbons (Fsp3) is 0.333. The van der Waals surface area contributed by atoms with Crippen molar-refractivity contribution in [2.45, 2.75) is 23.0 Å². The Balaban J connectivity index is 1.45. The van der Waals surface area contributed by atoms with Gasteiger partial charge in [-0.2, -0.15) is 4.31 Å². The molecule has 2 aromatic rings. The highest BCUT2D eigenvalue weighted by Crippen LogP contribution is 2.37. The molecule has 2 saturated heterocycles. The first-order valence-corrected chi connectivity index (χ1v) is 10.8. The highest BCUT2D eigenvalue weighted by atomic mass is 32.2. The summed E-state index contributed by atoms with van der Waals surface area (Å²) in [7, 11) is -3.57. The molecule has 2 aromatic heterocycles. The Morgan fingerprint density at radius 2 is 2.19 bits per heavy atom. The minimum Gasteiger partial charge on any atom is -0.354 e. The van der Waals surface area contributed by atoms with Crippen LogP contribution in [0.3, 0.4) is 0 Å². The van der Waals surface area contributed by atoms with Gasteiger partial charge in [0, 0.05) is 25.2 Å². The van der Waals surface area contributed by atoms with E-state index in [1.807, 2.05) is 18.2 Å². The fourth-order valence-corrected chi connectivity index (χ4v) is 6.41. The Hall–Kier alpha value is -2.07. The molecule has 2 aliphatic rings. The van der Waals surface area contributed by atoms with Crippen LogP contribution in [0.4, 0.5) is 0 Å². The average Bonchev–Trinajstić information content (AvgIpc) is 3.37. The molecule has 27 heavy (non-hydrogen) atoms. The van der Waals surface area contributed by atoms with Gasteiger partial charge >= 0.3 is 0 Å². The smallest absolute Gasteiger partial charge is 0.252 e. The number of nitrogens with zero attached hydrogens (tertiary/aromatic N) is 2. The molecule has 7 nitrogen and oxygen atoms in total. The lowest BCUT2D eigenvalue weighted by Crippen LogP contribution is -2.36. The number of hydrogen-bond donors (Lipinski definition) is 1. The molecule has 3 atom stereocenters. The van der Waals surface area contributed by atoms with Crippen LogP contribution >= 0.6 is 11.3 Å². The normalized spacial score (nSPS) is 25.3. The zero-order valence-electron chi connectivity index (χ0n) is 14.4. The first-order chi connectivity index (χ1) is 13.0. The van der Waals surface area contributed by atoms with Crippen molar-refractivity contribution < 1.29 is 17.9 Å². The molecule has 0 spiro atoms. The summed E-state index contributed by atoms with van der Waals surface area (Å²) in [5.41, 5.74) is 0.756. The molecule has 1 N–H and O–H groups in total. The van der Waals surface area contributed by atoms with Gasteiger partial charge in [0.1, 0.15) is 10.4 Å². The number of carbonyl (C=O) groups is 1. The molecular formula is C18H19N3O4S2. The summed E-state index contributed by atoms with van der Waals surface area (Å²) in [5, 5.41) is 2.71. The molecule has 4 rings (SSSR count). The van der Waals surface area contributed by atoms with Crippen molar-refractivity contribution in [1.82, 2.24) is 14.6 Å². The number of thiophene rings is 1. The third kappa shape index (κ3) is 3.55. The molecule has 9 heteroatoms. The quantitative estimate of drug-likeness (QED) is 0.767. The third-order valence-electron chi connectivity index (χ3n) is 4.78. The maximum atomic E-state index is 13.0. The Morgan fingerprint density at radius 1 is 1.33 bits per heavy atom. The maximum absolute atomic E-state index is 13.0. The summed E-state index contributed by atoms with van der Waals surface area (Å²) < 4.78 is 33.6. The Bertz CT molecular complexity index is 944. The monoisotopic (exact) mass is 405 g/mol. The fourth-order valence-electron chi connectivity index (χ4n) is 3.46. The van der Waals surface area contributed by atoms with E-state index < -0.39 is 10.0 Å². The minimum atomic E-state index is -3.57. The molecule has 1 amide bonds. The minimum absolute atomic E-state index is 0.0742. The SMILES string of the molecule is C=CC(=O)NC1CC2CN(S(=O)(=O)c3ccc(-c4ccccn4)s3)CC2O1. The van der Waals surface area contributed by atoms with E-state index in [0.717, 1.165) is 10.6 Å². The molecule has 0 aromatic carbocycles. The van der Waals surface area contributed by atoms with Crippen molar-refractivity contribution in [2.24, 2.45) is 5.92 Å². The summed E-state index contributed by atoms with van der Waals surface area (Å²) in [6.45, 7) is 4.11. The number of aromatic nitrogens is 1. The van der Waals surface area contributed by atoms with Crippen molar-refractivity contribution in [3.8, 4) is 10.6 Å². The summed E-state index contributed by atoms with van der Waals surface area (Å²) in [5.74, 6) is -0.213. The van der Waals surface area contributed by atoms with E-state index in [1.165, 1.54) is 21.7 Å². The molecule has 0 bridgehead atoms. The van der Waals surface area contributed by atoms with Gasteiger partial charge in [-0.25, -0.2) is 8.42 Å². The number of pyridine rings is 1. The van der Waals surface area contributed by atoms with Crippen molar-refractivity contribution in [1.29, 1.82) is 0 Å². The Morgan fingerprint density at radius 3 is 2.89 bits per heavy atom. The highest BCUT2D eigenvalue weighted by molar-refractivity contribution is 7.91. The molecule has 0 radical (unpaired) electrons. The van der Waals surface area contributed by atoms with Gasteiger partial charge in [-0.3, -0.25) is 9.78 Å². The number of nitrogens with one attached hydrogen (secondary N) is 1. The largest absolute Gasteiger partial charge is 0.354 e. The van der Waals surface area contributed by atoms with Gasteiger partial charge in [-0.1, -0.05) is 12.6 Å². The Labute approximate surface area is 161 Å². The van der Waals surface area contributed by atoms with Gasteiger partial charge < -0.3 is 10.1 Å². The van der Waals surface area contributed by atoms with Gasteiger partial charge in [0.05, 0.1) is 16.7 Å². The van der Waals surface area contributed by atoms with Crippen LogP contribution in [0.5, 0.6) is 0 Å². The molecule has 3 unspecified atom stereocenters. The molecule has 4 heterocycles. The van der Waals surface area contributed by atoms with Crippen LogP contribution in [0, 0.1) is 5.92 Å². The molecule has 0 aliphatic carbocycles. The molecular weight excluding hydrogens is 386 g/mol. The third-order valence-corrected chi connectivity index (χ3v) is 8.19. The van der Waals surface area contributed by atoms with E-state index >= 15 is 0 Å². The highest BCUT2D eigenvalue weighted by Gasteiger charge is 2.46. The second-order valence-electron chi connectivity index (χ2n) is 6.53. The maximum Gasteiger partial charge on any atom is 0.252 e. The number of carbonyl (C=O) groups excluding carboxylic acids is 1. The van der Waals surface area contributed by atoms with E-state index in [2.05, 4.69) is 16.9 Å². The lowest BCUT2D eigenvalue weighted by molar-refractivity contribution is -0.120. The first kappa shape index (κ1) is 18.3. The first-order valence-electron chi connectivity index (χ1n) is 8.57. The van der Waals surface area contributed by atoms with Crippen LogP contribution in [-0.2, 0) is 19.6 Å². The second-order valence-corrected chi connectivity index (χ2v) is 9.78. The van der Waals surface area contributed by atoms with Crippen LogP contribution in [0.1, 0.15) is 6.42 Å². The number of hydrogen-bond acceptors (Lipinski definition) is 6. The lowest BCUT2D eigenvalue weighted by atomic mass is 10.1. The van der Waals surface area contributed by atoms with Crippen LogP contribution in [0.2, 0.25) is 0 Å². The standard InChI is InChI=1S/C18H19N3O4S2/c1-2-16(22)20-17-9-12-10-21(11-14(12)25-17)27(23,24)18-7-6-15(26-18)13-5-3-4-8-19-13/h2-8,12,14,17H,1,9-11H2,(H,20,22).